The standard InChI is InChI=1S/C24H25N3O4/c1-17-6-4-8-21(14-17)31-20-11-9-19(10-12-20)24(25-3,23(30)26-16-28)15-27-13-5-7-18(2)22(27)29/h4-14,16,25H,15H2,1-3H3,(H,26,28,30). The van der Waals surface area contributed by atoms with Crippen LogP contribution in [0.2, 0.25) is 0 Å². The molecule has 7 nitrogen and oxygen atoms in total. The van der Waals surface area contributed by atoms with Gasteiger partial charge in [-0.2, -0.15) is 0 Å². The number of aromatic nitrogens is 1. The zero-order chi connectivity index (χ0) is 22.4. The molecule has 0 aliphatic heterocycles. The highest BCUT2D eigenvalue weighted by atomic mass is 16.5. The van der Waals surface area contributed by atoms with Crippen molar-refractivity contribution in [3.63, 3.8) is 0 Å². The fraction of sp³-hybridized carbons (Fsp3) is 0.208. The molecular weight excluding hydrogens is 394 g/mol. The number of hydrogen-bond acceptors (Lipinski definition) is 5. The third-order valence-corrected chi connectivity index (χ3v) is 5.19. The van der Waals surface area contributed by atoms with Crippen molar-refractivity contribution in [1.82, 2.24) is 15.2 Å². The molecule has 1 unspecified atom stereocenters. The zero-order valence-electron chi connectivity index (χ0n) is 17.7. The molecule has 1 heterocycles. The number of aryl methyl sites for hydroxylation is 2. The molecule has 3 aromatic rings. The maximum absolute atomic E-state index is 13.0. The largest absolute Gasteiger partial charge is 0.457 e. The number of likely N-dealkylation sites (N-methyl/N-ethyl adjacent to an activating group) is 1. The van der Waals surface area contributed by atoms with E-state index in [0.717, 1.165) is 5.56 Å². The van der Waals surface area contributed by atoms with E-state index in [4.69, 9.17) is 4.74 Å². The van der Waals surface area contributed by atoms with Crippen LogP contribution in [0.3, 0.4) is 0 Å². The maximum Gasteiger partial charge on any atom is 0.253 e. The smallest absolute Gasteiger partial charge is 0.253 e. The van der Waals surface area contributed by atoms with Gasteiger partial charge in [0.25, 0.3) is 11.5 Å². The minimum absolute atomic E-state index is 0.00176. The fourth-order valence-electron chi connectivity index (χ4n) is 3.47. The number of imide groups is 1. The molecule has 0 bridgehead atoms. The summed E-state index contributed by atoms with van der Waals surface area (Å²) in [7, 11) is 1.61. The van der Waals surface area contributed by atoms with Crippen molar-refractivity contribution in [2.75, 3.05) is 7.05 Å². The lowest BCUT2D eigenvalue weighted by Crippen LogP contribution is -2.56. The van der Waals surface area contributed by atoms with Crippen LogP contribution in [0, 0.1) is 13.8 Å². The Hall–Kier alpha value is -3.71. The van der Waals surface area contributed by atoms with Crippen molar-refractivity contribution in [2.24, 2.45) is 0 Å². The van der Waals surface area contributed by atoms with Crippen LogP contribution < -0.4 is 20.9 Å². The molecule has 0 spiro atoms. The number of carbonyl (C=O) groups excluding carboxylic acids is 2. The number of benzene rings is 2. The van der Waals surface area contributed by atoms with Crippen molar-refractivity contribution in [2.45, 2.75) is 25.9 Å². The summed E-state index contributed by atoms with van der Waals surface area (Å²) in [4.78, 5) is 36.6. The highest BCUT2D eigenvalue weighted by Gasteiger charge is 2.39. The van der Waals surface area contributed by atoms with Crippen LogP contribution in [0.5, 0.6) is 11.5 Å². The Labute approximate surface area is 180 Å². The van der Waals surface area contributed by atoms with Gasteiger partial charge in [-0.25, -0.2) is 0 Å². The van der Waals surface area contributed by atoms with Crippen LogP contribution in [-0.4, -0.2) is 23.9 Å². The number of nitrogens with one attached hydrogen (secondary N) is 2. The number of hydrogen-bond donors (Lipinski definition) is 2. The van der Waals surface area contributed by atoms with Gasteiger partial charge in [0.05, 0.1) is 6.54 Å². The summed E-state index contributed by atoms with van der Waals surface area (Å²) in [5.41, 5.74) is 0.669. The molecule has 1 atom stereocenters. The first-order valence-electron chi connectivity index (χ1n) is 9.84. The summed E-state index contributed by atoms with van der Waals surface area (Å²) in [6, 6.07) is 18.1. The quantitative estimate of drug-likeness (QED) is 0.548. The van der Waals surface area contributed by atoms with Crippen molar-refractivity contribution in [3.05, 3.63) is 93.9 Å². The van der Waals surface area contributed by atoms with E-state index < -0.39 is 11.4 Å². The summed E-state index contributed by atoms with van der Waals surface area (Å²) in [5, 5.41) is 5.24. The van der Waals surface area contributed by atoms with Gasteiger partial charge in [0.15, 0.2) is 0 Å². The average Bonchev–Trinajstić information content (AvgIpc) is 2.76. The highest BCUT2D eigenvalue weighted by molar-refractivity contribution is 5.94. The Morgan fingerprint density at radius 1 is 1.06 bits per heavy atom. The van der Waals surface area contributed by atoms with E-state index in [-0.39, 0.29) is 12.1 Å². The normalized spacial score (nSPS) is 12.6. The minimum atomic E-state index is -1.35. The third-order valence-electron chi connectivity index (χ3n) is 5.19. The van der Waals surface area contributed by atoms with Crippen molar-refractivity contribution in [1.29, 1.82) is 0 Å². The molecule has 0 saturated heterocycles. The monoisotopic (exact) mass is 419 g/mol. The van der Waals surface area contributed by atoms with E-state index in [1.54, 1.807) is 56.6 Å². The molecule has 0 radical (unpaired) electrons. The van der Waals surface area contributed by atoms with Crippen molar-refractivity contribution < 1.29 is 14.3 Å². The number of pyridine rings is 1. The van der Waals surface area contributed by atoms with Crippen LogP contribution in [0.1, 0.15) is 16.7 Å². The van der Waals surface area contributed by atoms with E-state index in [0.29, 0.717) is 29.0 Å². The molecule has 2 aromatic carbocycles. The van der Waals surface area contributed by atoms with Gasteiger partial charge in [0, 0.05) is 11.8 Å². The van der Waals surface area contributed by atoms with Crippen LogP contribution in [0.15, 0.2) is 71.7 Å². The first kappa shape index (κ1) is 22.0. The molecule has 31 heavy (non-hydrogen) atoms. The maximum atomic E-state index is 13.0. The molecule has 1 aromatic heterocycles. The van der Waals surface area contributed by atoms with E-state index in [9.17, 15) is 14.4 Å². The second-order valence-corrected chi connectivity index (χ2v) is 7.31. The number of ether oxygens (including phenoxy) is 1. The topological polar surface area (TPSA) is 89.4 Å². The van der Waals surface area contributed by atoms with Gasteiger partial charge in [0.1, 0.15) is 17.0 Å². The van der Waals surface area contributed by atoms with E-state index in [2.05, 4.69) is 10.6 Å². The second kappa shape index (κ2) is 9.40. The van der Waals surface area contributed by atoms with Crippen molar-refractivity contribution in [3.8, 4) is 11.5 Å². The Morgan fingerprint density at radius 3 is 2.45 bits per heavy atom. The molecule has 0 aliphatic rings. The predicted molar refractivity (Wildman–Crippen MR) is 118 cm³/mol. The predicted octanol–water partition coefficient (Wildman–Crippen LogP) is 2.64. The van der Waals surface area contributed by atoms with Crippen LogP contribution in [-0.2, 0) is 21.7 Å². The molecule has 0 saturated carbocycles. The molecule has 2 N–H and O–H groups in total. The first-order chi connectivity index (χ1) is 14.9. The first-order valence-corrected chi connectivity index (χ1v) is 9.84. The SMILES string of the molecule is CNC(Cn1cccc(C)c1=O)(C(=O)NC=O)c1ccc(Oc2cccc(C)c2)cc1. The summed E-state index contributed by atoms with van der Waals surface area (Å²) in [6.45, 7) is 3.70. The Balaban J connectivity index is 1.98. The molecular formula is C24H25N3O4. The molecule has 0 fully saturated rings. The lowest BCUT2D eigenvalue weighted by Gasteiger charge is -2.32. The number of carbonyl (C=O) groups is 2. The van der Waals surface area contributed by atoms with Gasteiger partial charge < -0.3 is 14.6 Å². The highest BCUT2D eigenvalue weighted by Crippen LogP contribution is 2.28. The van der Waals surface area contributed by atoms with Gasteiger partial charge in [-0.15, -0.1) is 0 Å². The zero-order valence-corrected chi connectivity index (χ0v) is 17.7. The van der Waals surface area contributed by atoms with E-state index >= 15 is 0 Å². The lowest BCUT2D eigenvalue weighted by atomic mass is 9.88. The Morgan fingerprint density at radius 2 is 1.81 bits per heavy atom. The molecule has 2 amide bonds. The average molecular weight is 419 g/mol. The summed E-state index contributed by atoms with van der Waals surface area (Å²) in [5.74, 6) is 0.742. The number of rotatable bonds is 8. The summed E-state index contributed by atoms with van der Waals surface area (Å²) < 4.78 is 7.34. The fourth-order valence-corrected chi connectivity index (χ4v) is 3.47. The number of nitrogens with zero attached hydrogens (tertiary/aromatic N) is 1. The Bertz CT molecular complexity index is 1140. The van der Waals surface area contributed by atoms with Gasteiger partial charge in [-0.3, -0.25) is 19.7 Å². The van der Waals surface area contributed by atoms with Gasteiger partial charge in [-0.1, -0.05) is 30.3 Å². The van der Waals surface area contributed by atoms with Crippen LogP contribution >= 0.6 is 0 Å². The van der Waals surface area contributed by atoms with Crippen molar-refractivity contribution >= 4 is 12.3 Å². The Kier molecular flexibility index (Phi) is 6.67. The minimum Gasteiger partial charge on any atom is -0.457 e. The van der Waals surface area contributed by atoms with Gasteiger partial charge in [-0.05, 0) is 62.4 Å². The van der Waals surface area contributed by atoms with Crippen LogP contribution in [0.25, 0.3) is 0 Å². The van der Waals surface area contributed by atoms with Gasteiger partial charge in [0.2, 0.25) is 6.41 Å². The summed E-state index contributed by atoms with van der Waals surface area (Å²) in [6.07, 6.45) is 1.95. The van der Waals surface area contributed by atoms with Gasteiger partial charge >= 0.3 is 0 Å². The van der Waals surface area contributed by atoms with Crippen LogP contribution in [0.4, 0.5) is 0 Å². The molecule has 3 rings (SSSR count). The molecule has 0 aliphatic carbocycles. The molecule has 7 heteroatoms. The lowest BCUT2D eigenvalue weighted by molar-refractivity contribution is -0.131. The summed E-state index contributed by atoms with van der Waals surface area (Å²) >= 11 is 0. The second-order valence-electron chi connectivity index (χ2n) is 7.31. The van der Waals surface area contributed by atoms with E-state index in [1.165, 1.54) is 4.57 Å². The third kappa shape index (κ3) is 4.73. The number of amides is 2. The molecule has 160 valence electrons. The van der Waals surface area contributed by atoms with E-state index in [1.807, 2.05) is 31.2 Å².